The van der Waals surface area contributed by atoms with Crippen LogP contribution in [0, 0.1) is 0 Å². The first kappa shape index (κ1) is 9.83. The molecule has 0 saturated carbocycles. The van der Waals surface area contributed by atoms with Crippen molar-refractivity contribution in [2.24, 2.45) is 0 Å². The summed E-state index contributed by atoms with van der Waals surface area (Å²) < 4.78 is 0. The third-order valence-corrected chi connectivity index (χ3v) is 2.48. The highest BCUT2D eigenvalue weighted by Crippen LogP contribution is 2.21. The van der Waals surface area contributed by atoms with Crippen molar-refractivity contribution in [2.75, 3.05) is 0 Å². The molecule has 0 atom stereocenters. The van der Waals surface area contributed by atoms with Crippen molar-refractivity contribution in [3.8, 4) is 0 Å². The molecule has 0 saturated heterocycles. The number of fused-ring (bicyclic) bond motifs is 1. The average molecular weight is 203 g/mol. The predicted octanol–water partition coefficient (Wildman–Crippen LogP) is 1.48. The number of carbonyl (C=O) groups is 1. The Morgan fingerprint density at radius 3 is 2.93 bits per heavy atom. The summed E-state index contributed by atoms with van der Waals surface area (Å²) in [5, 5.41) is 0. The monoisotopic (exact) mass is 203 g/mol. The summed E-state index contributed by atoms with van der Waals surface area (Å²) in [6.45, 7) is 8.15. The molecule has 1 aromatic rings. The fraction of sp³-hybridized carbons (Fsp3) is 0.364. The van der Waals surface area contributed by atoms with E-state index in [4.69, 9.17) is 0 Å². The second kappa shape index (κ2) is 3.46. The molecule has 1 amide bonds. The van der Waals surface area contributed by atoms with Gasteiger partial charge in [-0.15, -0.1) is 0 Å². The summed E-state index contributed by atoms with van der Waals surface area (Å²) in [5.41, 5.74) is 1.95. The minimum Gasteiger partial charge on any atom is -0.329 e. The lowest BCUT2D eigenvalue weighted by Gasteiger charge is -2.19. The van der Waals surface area contributed by atoms with E-state index >= 15 is 0 Å². The Kier molecular flexibility index (Phi) is 2.26. The van der Waals surface area contributed by atoms with E-state index in [1.165, 1.54) is 0 Å². The van der Waals surface area contributed by atoms with E-state index in [1.54, 1.807) is 17.2 Å². The van der Waals surface area contributed by atoms with E-state index < -0.39 is 0 Å². The van der Waals surface area contributed by atoms with Crippen LogP contribution >= 0.6 is 0 Å². The van der Waals surface area contributed by atoms with Crippen LogP contribution in [0.5, 0.6) is 0 Å². The van der Waals surface area contributed by atoms with Crippen molar-refractivity contribution in [2.45, 2.75) is 26.4 Å². The van der Waals surface area contributed by atoms with E-state index in [-0.39, 0.29) is 11.9 Å². The van der Waals surface area contributed by atoms with Gasteiger partial charge in [0.25, 0.3) is 5.91 Å². The highest BCUT2D eigenvalue weighted by molar-refractivity contribution is 5.96. The summed E-state index contributed by atoms with van der Waals surface area (Å²) in [5.74, 6) is -0.0249. The van der Waals surface area contributed by atoms with Crippen LogP contribution in [0.1, 0.15) is 35.7 Å². The Morgan fingerprint density at radius 1 is 1.60 bits per heavy atom. The van der Waals surface area contributed by atoms with Crippen LogP contribution < -0.4 is 0 Å². The van der Waals surface area contributed by atoms with E-state index in [0.29, 0.717) is 17.9 Å². The first-order valence-corrected chi connectivity index (χ1v) is 4.93. The van der Waals surface area contributed by atoms with Crippen molar-refractivity contribution < 1.29 is 4.79 Å². The molecule has 0 aliphatic carbocycles. The second-order valence-corrected chi connectivity index (χ2v) is 3.82. The van der Waals surface area contributed by atoms with E-state index in [2.05, 4.69) is 16.5 Å². The van der Waals surface area contributed by atoms with Gasteiger partial charge in [-0.2, -0.15) is 0 Å². The fourth-order valence-electron chi connectivity index (χ4n) is 1.62. The Bertz CT molecular complexity index is 426. The molecule has 0 fully saturated rings. The molecule has 0 unspecified atom stereocenters. The van der Waals surface area contributed by atoms with Gasteiger partial charge >= 0.3 is 0 Å². The molecule has 4 heteroatoms. The van der Waals surface area contributed by atoms with Gasteiger partial charge in [0.2, 0.25) is 0 Å². The molecule has 1 aliphatic heterocycles. The zero-order chi connectivity index (χ0) is 11.0. The maximum Gasteiger partial charge on any atom is 0.275 e. The highest BCUT2D eigenvalue weighted by Gasteiger charge is 2.31. The topological polar surface area (TPSA) is 46.1 Å². The lowest BCUT2D eigenvalue weighted by Crippen LogP contribution is -2.31. The third kappa shape index (κ3) is 1.52. The van der Waals surface area contributed by atoms with E-state index in [1.807, 2.05) is 13.8 Å². The minimum absolute atomic E-state index is 0.0249. The van der Waals surface area contributed by atoms with Gasteiger partial charge in [0.15, 0.2) is 5.69 Å². The second-order valence-electron chi connectivity index (χ2n) is 3.82. The number of aromatic nitrogens is 2. The zero-order valence-corrected chi connectivity index (χ0v) is 8.90. The van der Waals surface area contributed by atoms with E-state index in [0.717, 1.165) is 5.69 Å². The SMILES string of the molecule is C=Cc1cnc2c(n1)CN(C(C)C)C2=O. The lowest BCUT2D eigenvalue weighted by atomic mass is 10.3. The molecule has 0 spiro atoms. The van der Waals surface area contributed by atoms with Crippen LogP contribution in [0.2, 0.25) is 0 Å². The van der Waals surface area contributed by atoms with Crippen LogP contribution in [0.3, 0.4) is 0 Å². The smallest absolute Gasteiger partial charge is 0.275 e. The van der Waals surface area contributed by atoms with Crippen LogP contribution in [0.15, 0.2) is 12.8 Å². The van der Waals surface area contributed by atoms with Gasteiger partial charge < -0.3 is 4.90 Å². The molecule has 1 aromatic heterocycles. The van der Waals surface area contributed by atoms with Gasteiger partial charge in [-0.25, -0.2) is 9.97 Å². The molecular formula is C11H13N3O. The fourth-order valence-corrected chi connectivity index (χ4v) is 1.62. The Labute approximate surface area is 88.7 Å². The summed E-state index contributed by atoms with van der Waals surface area (Å²) in [6.07, 6.45) is 3.21. The van der Waals surface area contributed by atoms with Gasteiger partial charge in [-0.05, 0) is 19.9 Å². The first-order valence-electron chi connectivity index (χ1n) is 4.93. The van der Waals surface area contributed by atoms with Crippen LogP contribution in [-0.4, -0.2) is 26.8 Å². The van der Waals surface area contributed by atoms with Crippen LogP contribution in [0.4, 0.5) is 0 Å². The third-order valence-electron chi connectivity index (χ3n) is 2.48. The zero-order valence-electron chi connectivity index (χ0n) is 8.90. The quantitative estimate of drug-likeness (QED) is 0.731. The van der Waals surface area contributed by atoms with Crippen LogP contribution in [0.25, 0.3) is 6.08 Å². The largest absolute Gasteiger partial charge is 0.329 e. The summed E-state index contributed by atoms with van der Waals surface area (Å²) >= 11 is 0. The van der Waals surface area contributed by atoms with Crippen molar-refractivity contribution >= 4 is 12.0 Å². The number of carbonyl (C=O) groups excluding carboxylic acids is 1. The first-order chi connectivity index (χ1) is 7.13. The molecule has 2 rings (SSSR count). The number of hydrogen-bond acceptors (Lipinski definition) is 3. The predicted molar refractivity (Wildman–Crippen MR) is 57.1 cm³/mol. The van der Waals surface area contributed by atoms with Crippen molar-refractivity contribution in [1.29, 1.82) is 0 Å². The number of amides is 1. The van der Waals surface area contributed by atoms with Gasteiger partial charge in [0.1, 0.15) is 0 Å². The van der Waals surface area contributed by atoms with E-state index in [9.17, 15) is 4.79 Å². The average Bonchev–Trinajstić information content (AvgIpc) is 2.55. The molecule has 4 nitrogen and oxygen atoms in total. The highest BCUT2D eigenvalue weighted by atomic mass is 16.2. The summed E-state index contributed by atoms with van der Waals surface area (Å²) in [4.78, 5) is 22.0. The van der Waals surface area contributed by atoms with Crippen molar-refractivity contribution in [3.63, 3.8) is 0 Å². The summed E-state index contributed by atoms with van der Waals surface area (Å²) in [6, 6.07) is 0.181. The standard InChI is InChI=1S/C11H13N3O/c1-4-8-5-12-10-9(13-8)6-14(7(2)3)11(10)15/h4-5,7H,1,6H2,2-3H3. The van der Waals surface area contributed by atoms with Gasteiger partial charge in [-0.3, -0.25) is 4.79 Å². The number of hydrogen-bond donors (Lipinski definition) is 0. The van der Waals surface area contributed by atoms with Crippen molar-refractivity contribution in [1.82, 2.24) is 14.9 Å². The molecular weight excluding hydrogens is 190 g/mol. The lowest BCUT2D eigenvalue weighted by molar-refractivity contribution is 0.0726. The molecule has 0 bridgehead atoms. The van der Waals surface area contributed by atoms with Gasteiger partial charge in [-0.1, -0.05) is 6.58 Å². The Morgan fingerprint density at radius 2 is 2.33 bits per heavy atom. The number of nitrogens with zero attached hydrogens (tertiary/aromatic N) is 3. The van der Waals surface area contributed by atoms with Gasteiger partial charge in [0, 0.05) is 6.04 Å². The Hall–Kier alpha value is -1.71. The molecule has 1 aliphatic rings. The maximum atomic E-state index is 11.8. The number of rotatable bonds is 2. The Balaban J connectivity index is 2.40. The molecule has 0 radical (unpaired) electrons. The molecule has 0 aromatic carbocycles. The minimum atomic E-state index is -0.0249. The normalized spacial score (nSPS) is 14.6. The van der Waals surface area contributed by atoms with Crippen LogP contribution in [-0.2, 0) is 6.54 Å². The summed E-state index contributed by atoms with van der Waals surface area (Å²) in [7, 11) is 0. The molecule has 0 N–H and O–H groups in total. The molecule has 15 heavy (non-hydrogen) atoms. The van der Waals surface area contributed by atoms with Crippen molar-refractivity contribution in [3.05, 3.63) is 29.9 Å². The van der Waals surface area contributed by atoms with Gasteiger partial charge in [0.05, 0.1) is 24.1 Å². The molecule has 2 heterocycles. The molecule has 78 valence electrons. The maximum absolute atomic E-state index is 11.8.